The number of rotatable bonds is 2. The molecule has 0 unspecified atom stereocenters. The lowest BCUT2D eigenvalue weighted by Gasteiger charge is -2.23. The number of hydrogen-bond donors (Lipinski definition) is 0. The number of benzene rings is 1. The van der Waals surface area contributed by atoms with Crippen molar-refractivity contribution in [2.75, 3.05) is 0 Å². The van der Waals surface area contributed by atoms with E-state index in [9.17, 15) is 0 Å². The molecular weight excluding hydrogens is 284 g/mol. The van der Waals surface area contributed by atoms with Crippen molar-refractivity contribution in [1.82, 2.24) is 10.2 Å². The van der Waals surface area contributed by atoms with Crippen LogP contribution in [0.1, 0.15) is 43.0 Å². The molecule has 0 fully saturated rings. The van der Waals surface area contributed by atoms with E-state index in [4.69, 9.17) is 16.3 Å². The molecule has 0 atom stereocenters. The fourth-order valence-electron chi connectivity index (χ4n) is 2.09. The van der Waals surface area contributed by atoms with Crippen LogP contribution < -0.4 is 4.74 Å². The van der Waals surface area contributed by atoms with Crippen molar-refractivity contribution in [2.45, 2.75) is 47.0 Å². The fraction of sp³-hybridized carbons (Fsp3) is 0.412. The molecular formula is C17H21ClN2O. The van der Waals surface area contributed by atoms with Gasteiger partial charge in [0.2, 0.25) is 5.88 Å². The zero-order chi connectivity index (χ0) is 15.8. The SMILES string of the molecule is Cc1ccc(C(C)(C)C)c(Oc2nnc(Cl)c(C)c2C)c1. The predicted molar refractivity (Wildman–Crippen MR) is 86.5 cm³/mol. The number of ether oxygens (including phenoxy) is 1. The lowest BCUT2D eigenvalue weighted by atomic mass is 9.86. The Morgan fingerprint density at radius 1 is 1.00 bits per heavy atom. The topological polar surface area (TPSA) is 35.0 Å². The van der Waals surface area contributed by atoms with Crippen LogP contribution in [0, 0.1) is 20.8 Å². The van der Waals surface area contributed by atoms with Crippen LogP contribution >= 0.6 is 11.6 Å². The van der Waals surface area contributed by atoms with Gasteiger partial charge in [-0.05, 0) is 43.4 Å². The van der Waals surface area contributed by atoms with E-state index < -0.39 is 0 Å². The molecule has 1 aromatic heterocycles. The van der Waals surface area contributed by atoms with Crippen molar-refractivity contribution >= 4 is 11.6 Å². The first-order chi connectivity index (χ1) is 9.70. The van der Waals surface area contributed by atoms with Gasteiger partial charge in [0.15, 0.2) is 5.15 Å². The maximum absolute atomic E-state index is 6.05. The van der Waals surface area contributed by atoms with Crippen LogP contribution in [0.4, 0.5) is 0 Å². The minimum Gasteiger partial charge on any atom is -0.437 e. The number of halogens is 1. The Labute approximate surface area is 131 Å². The van der Waals surface area contributed by atoms with Gasteiger partial charge in [-0.2, -0.15) is 0 Å². The van der Waals surface area contributed by atoms with E-state index in [1.165, 1.54) is 0 Å². The molecule has 0 saturated carbocycles. The van der Waals surface area contributed by atoms with Crippen molar-refractivity contribution in [1.29, 1.82) is 0 Å². The molecule has 0 aliphatic heterocycles. The predicted octanol–water partition coefficient (Wildman–Crippen LogP) is 5.15. The van der Waals surface area contributed by atoms with Gasteiger partial charge >= 0.3 is 0 Å². The smallest absolute Gasteiger partial charge is 0.242 e. The molecule has 21 heavy (non-hydrogen) atoms. The zero-order valence-electron chi connectivity index (χ0n) is 13.4. The van der Waals surface area contributed by atoms with Crippen LogP contribution in [0.5, 0.6) is 11.6 Å². The van der Waals surface area contributed by atoms with Gasteiger partial charge in [-0.15, -0.1) is 10.2 Å². The van der Waals surface area contributed by atoms with E-state index in [-0.39, 0.29) is 5.41 Å². The zero-order valence-corrected chi connectivity index (χ0v) is 14.2. The Morgan fingerprint density at radius 2 is 1.67 bits per heavy atom. The highest BCUT2D eigenvalue weighted by Crippen LogP contribution is 2.35. The molecule has 2 aromatic rings. The third-order valence-corrected chi connectivity index (χ3v) is 3.93. The van der Waals surface area contributed by atoms with Gasteiger partial charge < -0.3 is 4.74 Å². The molecule has 0 aliphatic rings. The van der Waals surface area contributed by atoms with Gasteiger partial charge in [-0.3, -0.25) is 0 Å². The molecule has 3 nitrogen and oxygen atoms in total. The molecule has 0 saturated heterocycles. The third-order valence-electron chi connectivity index (χ3n) is 3.57. The summed E-state index contributed by atoms with van der Waals surface area (Å²) in [4.78, 5) is 0. The summed E-state index contributed by atoms with van der Waals surface area (Å²) in [5.41, 5.74) is 4.09. The molecule has 0 aliphatic carbocycles. The summed E-state index contributed by atoms with van der Waals surface area (Å²) >= 11 is 5.99. The molecule has 0 amide bonds. The van der Waals surface area contributed by atoms with E-state index in [0.29, 0.717) is 11.0 Å². The second kappa shape index (κ2) is 5.64. The largest absolute Gasteiger partial charge is 0.437 e. The summed E-state index contributed by atoms with van der Waals surface area (Å²) in [6.45, 7) is 12.4. The van der Waals surface area contributed by atoms with Crippen LogP contribution in [0.15, 0.2) is 18.2 Å². The number of aryl methyl sites for hydroxylation is 1. The number of nitrogens with zero attached hydrogens (tertiary/aromatic N) is 2. The Balaban J connectivity index is 2.49. The average Bonchev–Trinajstić information content (AvgIpc) is 2.38. The lowest BCUT2D eigenvalue weighted by molar-refractivity contribution is 0.429. The number of hydrogen-bond acceptors (Lipinski definition) is 3. The first kappa shape index (κ1) is 15.8. The first-order valence-corrected chi connectivity index (χ1v) is 7.36. The molecule has 1 aromatic carbocycles. The van der Waals surface area contributed by atoms with Crippen molar-refractivity contribution < 1.29 is 4.74 Å². The fourth-order valence-corrected chi connectivity index (χ4v) is 2.27. The minimum atomic E-state index is -0.00810. The summed E-state index contributed by atoms with van der Waals surface area (Å²) in [6, 6.07) is 6.24. The summed E-state index contributed by atoms with van der Waals surface area (Å²) in [5, 5.41) is 8.44. The second-order valence-electron chi connectivity index (χ2n) is 6.40. The molecule has 0 spiro atoms. The van der Waals surface area contributed by atoms with E-state index in [1.807, 2.05) is 26.8 Å². The van der Waals surface area contributed by atoms with Gasteiger partial charge in [0.1, 0.15) is 5.75 Å². The van der Waals surface area contributed by atoms with Crippen LogP contribution in [0.25, 0.3) is 0 Å². The van der Waals surface area contributed by atoms with Gasteiger partial charge in [0.25, 0.3) is 0 Å². The van der Waals surface area contributed by atoms with Gasteiger partial charge in [-0.25, -0.2) is 0 Å². The van der Waals surface area contributed by atoms with Gasteiger partial charge in [0.05, 0.1) is 0 Å². The maximum atomic E-state index is 6.05. The van der Waals surface area contributed by atoms with Crippen LogP contribution in [-0.4, -0.2) is 10.2 Å². The monoisotopic (exact) mass is 304 g/mol. The highest BCUT2D eigenvalue weighted by atomic mass is 35.5. The first-order valence-electron chi connectivity index (χ1n) is 6.98. The molecule has 1 heterocycles. The normalized spacial score (nSPS) is 11.6. The lowest BCUT2D eigenvalue weighted by Crippen LogP contribution is -2.13. The van der Waals surface area contributed by atoms with Crippen molar-refractivity contribution in [3.8, 4) is 11.6 Å². The Hall–Kier alpha value is -1.61. The molecule has 2 rings (SSSR count). The van der Waals surface area contributed by atoms with Crippen molar-refractivity contribution in [3.05, 3.63) is 45.6 Å². The molecule has 0 bridgehead atoms. The van der Waals surface area contributed by atoms with Gasteiger partial charge in [0, 0.05) is 11.1 Å². The molecule has 0 N–H and O–H groups in total. The van der Waals surface area contributed by atoms with E-state index in [0.717, 1.165) is 28.0 Å². The second-order valence-corrected chi connectivity index (χ2v) is 6.76. The summed E-state index contributed by atoms with van der Waals surface area (Å²) in [7, 11) is 0. The standard InChI is InChI=1S/C17H21ClN2O/c1-10-7-8-13(17(4,5)6)14(9-10)21-16-12(3)11(2)15(18)19-20-16/h7-9H,1-6H3. The van der Waals surface area contributed by atoms with E-state index >= 15 is 0 Å². The highest BCUT2D eigenvalue weighted by molar-refractivity contribution is 6.30. The van der Waals surface area contributed by atoms with Crippen LogP contribution in [-0.2, 0) is 5.41 Å². The molecule has 4 heteroatoms. The number of aromatic nitrogens is 2. The highest BCUT2D eigenvalue weighted by Gasteiger charge is 2.20. The molecule has 0 radical (unpaired) electrons. The van der Waals surface area contributed by atoms with Crippen molar-refractivity contribution in [2.24, 2.45) is 0 Å². The Morgan fingerprint density at radius 3 is 2.29 bits per heavy atom. The molecule has 112 valence electrons. The summed E-state index contributed by atoms with van der Waals surface area (Å²) in [5.74, 6) is 1.33. The Kier molecular flexibility index (Phi) is 4.24. The third kappa shape index (κ3) is 3.35. The maximum Gasteiger partial charge on any atom is 0.242 e. The summed E-state index contributed by atoms with van der Waals surface area (Å²) < 4.78 is 6.05. The van der Waals surface area contributed by atoms with Crippen molar-refractivity contribution in [3.63, 3.8) is 0 Å². The quantitative estimate of drug-likeness (QED) is 0.770. The van der Waals surface area contributed by atoms with E-state index in [1.54, 1.807) is 0 Å². The minimum absolute atomic E-state index is 0.00810. The average molecular weight is 305 g/mol. The van der Waals surface area contributed by atoms with Crippen LogP contribution in [0.3, 0.4) is 0 Å². The van der Waals surface area contributed by atoms with Gasteiger partial charge in [-0.1, -0.05) is 44.5 Å². The van der Waals surface area contributed by atoms with E-state index in [2.05, 4.69) is 43.1 Å². The Bertz CT molecular complexity index is 675. The van der Waals surface area contributed by atoms with Crippen LogP contribution in [0.2, 0.25) is 5.15 Å². The summed E-state index contributed by atoms with van der Waals surface area (Å²) in [6.07, 6.45) is 0.